The molecule has 0 saturated carbocycles. The molecule has 3 N–H and O–H groups in total. The topological polar surface area (TPSA) is 97.4 Å². The highest BCUT2D eigenvalue weighted by Crippen LogP contribution is 2.01. The molecule has 0 heterocycles. The molecule has 0 unspecified atom stereocenters. The molecule has 0 amide bonds. The zero-order chi connectivity index (χ0) is 9.82. The van der Waals surface area contributed by atoms with Gasteiger partial charge in [-0.1, -0.05) is 25.1 Å². The summed E-state index contributed by atoms with van der Waals surface area (Å²) in [7, 11) is 0. The van der Waals surface area contributed by atoms with Crippen molar-refractivity contribution in [2.24, 2.45) is 5.73 Å². The first-order valence-corrected chi connectivity index (χ1v) is 4.42. The Kier molecular flexibility index (Phi) is 13.9. The first-order chi connectivity index (χ1) is 5.68. The predicted molar refractivity (Wildman–Crippen MR) is 50.5 cm³/mol. The van der Waals surface area contributed by atoms with Gasteiger partial charge >= 0.3 is 0 Å². The fourth-order valence-electron chi connectivity index (χ4n) is 0.326. The summed E-state index contributed by atoms with van der Waals surface area (Å²) in [6, 6.07) is 2.47. The number of hydrogen-bond acceptors (Lipinski definition) is 4. The van der Waals surface area contributed by atoms with E-state index in [0.29, 0.717) is 0 Å². The van der Waals surface area contributed by atoms with Crippen molar-refractivity contribution in [2.45, 2.75) is 19.8 Å². The van der Waals surface area contributed by atoms with Gasteiger partial charge in [0.25, 0.3) is 0 Å². The summed E-state index contributed by atoms with van der Waals surface area (Å²) in [5.74, 6) is 0.992. The van der Waals surface area contributed by atoms with E-state index < -0.39 is 0 Å². The Balaban J connectivity index is 0. The van der Waals surface area contributed by atoms with Gasteiger partial charge in [-0.2, -0.15) is 10.5 Å². The zero-order valence-electron chi connectivity index (χ0n) is 7.00. The maximum Gasteiger partial charge on any atom is 0.181 e. The van der Waals surface area contributed by atoms with Crippen LogP contribution in [-0.4, -0.2) is 10.9 Å². The lowest BCUT2D eigenvalue weighted by atomic mass is 10.4. The Morgan fingerprint density at radius 1 is 1.50 bits per heavy atom. The van der Waals surface area contributed by atoms with Crippen molar-refractivity contribution in [2.75, 3.05) is 5.75 Å². The Hall–Kier alpha value is -1.20. The van der Waals surface area contributed by atoms with Crippen LogP contribution in [-0.2, 0) is 0 Å². The Bertz CT molecular complexity index is 177. The lowest BCUT2D eigenvalue weighted by molar-refractivity contribution is 0.898. The molecule has 5 heteroatoms. The van der Waals surface area contributed by atoms with Gasteiger partial charge in [0.1, 0.15) is 0 Å². The smallest absolute Gasteiger partial charge is 0.181 e. The van der Waals surface area contributed by atoms with Gasteiger partial charge in [0.05, 0.1) is 0 Å². The minimum Gasteiger partial charge on any atom is -0.379 e. The molecule has 0 aromatic heterocycles. The summed E-state index contributed by atoms with van der Waals surface area (Å²) in [6.07, 6.45) is 2.34. The van der Waals surface area contributed by atoms with Crippen molar-refractivity contribution in [3.63, 3.8) is 0 Å². The molecule has 0 aliphatic carbocycles. The fourth-order valence-corrected chi connectivity index (χ4v) is 0.979. The first kappa shape index (κ1) is 13.4. The second kappa shape index (κ2) is 12.5. The van der Waals surface area contributed by atoms with Crippen LogP contribution in [0.5, 0.6) is 0 Å². The van der Waals surface area contributed by atoms with Crippen molar-refractivity contribution >= 4 is 16.9 Å². The molecule has 0 saturated heterocycles. The van der Waals surface area contributed by atoms with Crippen molar-refractivity contribution in [3.05, 3.63) is 0 Å². The van der Waals surface area contributed by atoms with Crippen LogP contribution in [0.1, 0.15) is 19.8 Å². The number of nitrogens with one attached hydrogen (secondary N) is 1. The number of hydrogen-bond donors (Lipinski definition) is 2. The van der Waals surface area contributed by atoms with Crippen LogP contribution in [0.3, 0.4) is 0 Å². The van der Waals surface area contributed by atoms with Gasteiger partial charge in [0, 0.05) is 5.75 Å². The van der Waals surface area contributed by atoms with Crippen LogP contribution in [0.4, 0.5) is 0 Å². The van der Waals surface area contributed by atoms with Crippen molar-refractivity contribution in [3.8, 4) is 12.1 Å². The van der Waals surface area contributed by atoms with Gasteiger partial charge in [-0.3, -0.25) is 5.41 Å². The highest BCUT2D eigenvalue weighted by atomic mass is 32.2. The van der Waals surface area contributed by atoms with Crippen LogP contribution in [0.2, 0.25) is 0 Å². The molecule has 0 aliphatic rings. The molecular formula is C7H12N4S. The molecule has 0 atom stereocenters. The number of rotatable bonds is 3. The molecular weight excluding hydrogens is 172 g/mol. The summed E-state index contributed by atoms with van der Waals surface area (Å²) >= 11 is 1.42. The van der Waals surface area contributed by atoms with E-state index >= 15 is 0 Å². The summed E-state index contributed by atoms with van der Waals surface area (Å²) in [5.41, 5.74) is 5.08. The second-order valence-corrected chi connectivity index (χ2v) is 2.93. The minimum absolute atomic E-state index is 0.235. The van der Waals surface area contributed by atoms with Gasteiger partial charge < -0.3 is 5.73 Å². The standard InChI is InChI=1S/C5H12N2S.C2N2/c1-2-3-4-8-5(6)7;3-1-2-4/h2-4H2,1H3,(H3,6,7);. The number of unbranched alkanes of at least 4 members (excludes halogenated alkanes) is 1. The van der Waals surface area contributed by atoms with E-state index in [-0.39, 0.29) is 5.17 Å². The molecule has 0 aromatic carbocycles. The molecule has 0 spiro atoms. The molecule has 0 fully saturated rings. The van der Waals surface area contributed by atoms with E-state index in [4.69, 9.17) is 21.7 Å². The van der Waals surface area contributed by atoms with Crippen LogP contribution in [0.25, 0.3) is 0 Å². The number of nitriles is 2. The molecule has 4 nitrogen and oxygen atoms in total. The third-order valence-corrected chi connectivity index (χ3v) is 1.61. The molecule has 12 heavy (non-hydrogen) atoms. The Labute approximate surface area is 76.9 Å². The summed E-state index contributed by atoms with van der Waals surface area (Å²) < 4.78 is 0. The summed E-state index contributed by atoms with van der Waals surface area (Å²) in [5, 5.41) is 21.6. The number of thioether (sulfide) groups is 1. The second-order valence-electron chi connectivity index (χ2n) is 1.79. The molecule has 0 aromatic rings. The van der Waals surface area contributed by atoms with E-state index in [9.17, 15) is 0 Å². The fraction of sp³-hybridized carbons (Fsp3) is 0.571. The quantitative estimate of drug-likeness (QED) is 0.394. The first-order valence-electron chi connectivity index (χ1n) is 3.44. The largest absolute Gasteiger partial charge is 0.379 e. The molecule has 0 aliphatic heterocycles. The van der Waals surface area contributed by atoms with Gasteiger partial charge in [0.15, 0.2) is 17.3 Å². The normalized spacial score (nSPS) is 6.92. The number of amidine groups is 1. The van der Waals surface area contributed by atoms with Crippen LogP contribution in [0, 0.1) is 28.1 Å². The average molecular weight is 184 g/mol. The van der Waals surface area contributed by atoms with Gasteiger partial charge in [-0.05, 0) is 6.42 Å². The third kappa shape index (κ3) is 23.2. The zero-order valence-corrected chi connectivity index (χ0v) is 7.82. The van der Waals surface area contributed by atoms with E-state index in [1.807, 2.05) is 0 Å². The van der Waals surface area contributed by atoms with E-state index in [1.54, 1.807) is 0 Å². The summed E-state index contributed by atoms with van der Waals surface area (Å²) in [6.45, 7) is 2.13. The molecule has 0 radical (unpaired) electrons. The van der Waals surface area contributed by atoms with Gasteiger partial charge in [-0.15, -0.1) is 0 Å². The highest BCUT2D eigenvalue weighted by molar-refractivity contribution is 8.13. The Morgan fingerprint density at radius 2 is 2.00 bits per heavy atom. The van der Waals surface area contributed by atoms with Crippen LogP contribution < -0.4 is 5.73 Å². The maximum absolute atomic E-state index is 7.26. The highest BCUT2D eigenvalue weighted by Gasteiger charge is 1.87. The lowest BCUT2D eigenvalue weighted by Gasteiger charge is -1.93. The molecule has 66 valence electrons. The van der Waals surface area contributed by atoms with E-state index in [1.165, 1.54) is 30.3 Å². The monoisotopic (exact) mass is 184 g/mol. The number of nitrogens with two attached hydrogens (primary N) is 1. The van der Waals surface area contributed by atoms with Gasteiger partial charge in [-0.25, -0.2) is 0 Å². The SMILES string of the molecule is CCCCSC(=N)N.N#CC#N. The van der Waals surface area contributed by atoms with Crippen molar-refractivity contribution < 1.29 is 0 Å². The van der Waals surface area contributed by atoms with Crippen LogP contribution >= 0.6 is 11.8 Å². The molecule has 0 rings (SSSR count). The average Bonchev–Trinajstić information content (AvgIpc) is 2.05. The Morgan fingerprint density at radius 3 is 2.25 bits per heavy atom. The summed E-state index contributed by atoms with van der Waals surface area (Å²) in [4.78, 5) is 0. The minimum atomic E-state index is 0.235. The van der Waals surface area contributed by atoms with Crippen LogP contribution in [0.15, 0.2) is 0 Å². The van der Waals surface area contributed by atoms with Crippen molar-refractivity contribution in [1.82, 2.24) is 0 Å². The molecule has 0 bridgehead atoms. The van der Waals surface area contributed by atoms with E-state index in [0.717, 1.165) is 12.2 Å². The third-order valence-electron chi connectivity index (χ3n) is 0.805. The van der Waals surface area contributed by atoms with E-state index in [2.05, 4.69) is 6.92 Å². The lowest BCUT2D eigenvalue weighted by Crippen LogP contribution is -2.04. The number of nitrogens with zero attached hydrogens (tertiary/aromatic N) is 2. The predicted octanol–water partition coefficient (Wildman–Crippen LogP) is 1.45. The van der Waals surface area contributed by atoms with Crippen molar-refractivity contribution in [1.29, 1.82) is 15.9 Å². The van der Waals surface area contributed by atoms with Gasteiger partial charge in [0.2, 0.25) is 0 Å². The maximum atomic E-state index is 7.26.